The third kappa shape index (κ3) is 3.50. The van der Waals surface area contributed by atoms with Crippen LogP contribution in [0, 0.1) is 23.2 Å². The van der Waals surface area contributed by atoms with E-state index in [9.17, 15) is 4.79 Å². The summed E-state index contributed by atoms with van der Waals surface area (Å²) >= 11 is 0. The molecule has 19 heavy (non-hydrogen) atoms. The Kier molecular flexibility index (Phi) is 4.24. The first-order valence-corrected chi connectivity index (χ1v) is 7.78. The molecule has 4 unspecified atom stereocenters. The zero-order valence-electron chi connectivity index (χ0n) is 13.2. The maximum absolute atomic E-state index is 12.5. The maximum Gasteiger partial charge on any atom is 0.223 e. The van der Waals surface area contributed by atoms with Crippen LogP contribution in [0.15, 0.2) is 0 Å². The van der Waals surface area contributed by atoms with E-state index in [-0.39, 0.29) is 0 Å². The van der Waals surface area contributed by atoms with Crippen LogP contribution in [0.3, 0.4) is 0 Å². The maximum atomic E-state index is 12.5. The summed E-state index contributed by atoms with van der Waals surface area (Å²) in [6.45, 7) is 14.4. The van der Waals surface area contributed by atoms with Crippen LogP contribution in [0.25, 0.3) is 0 Å². The molecule has 2 fully saturated rings. The highest BCUT2D eigenvalue weighted by molar-refractivity contribution is 5.77. The highest BCUT2D eigenvalue weighted by Gasteiger charge is 2.43. The van der Waals surface area contributed by atoms with Gasteiger partial charge in [0.1, 0.15) is 0 Å². The van der Waals surface area contributed by atoms with Crippen LogP contribution in [0.2, 0.25) is 0 Å². The van der Waals surface area contributed by atoms with Crippen molar-refractivity contribution in [1.82, 2.24) is 10.2 Å². The van der Waals surface area contributed by atoms with E-state index < -0.39 is 0 Å². The van der Waals surface area contributed by atoms with Gasteiger partial charge in [0.2, 0.25) is 5.91 Å². The second kappa shape index (κ2) is 5.43. The summed E-state index contributed by atoms with van der Waals surface area (Å²) in [6.07, 6.45) is 1.84. The van der Waals surface area contributed by atoms with Gasteiger partial charge >= 0.3 is 0 Å². The number of carbonyl (C=O) groups excluding carboxylic acids is 1. The first-order chi connectivity index (χ1) is 8.78. The van der Waals surface area contributed by atoms with Gasteiger partial charge in [-0.05, 0) is 36.5 Å². The Balaban J connectivity index is 1.87. The number of likely N-dealkylation sites (tertiary alicyclic amines) is 1. The van der Waals surface area contributed by atoms with E-state index in [4.69, 9.17) is 0 Å². The molecule has 2 saturated heterocycles. The minimum atomic E-state index is 0.316. The van der Waals surface area contributed by atoms with Crippen molar-refractivity contribution in [3.05, 3.63) is 0 Å². The molecule has 2 aliphatic rings. The Bertz CT molecular complexity index is 334. The summed E-state index contributed by atoms with van der Waals surface area (Å²) < 4.78 is 0. The number of hydrogen-bond acceptors (Lipinski definition) is 2. The average Bonchev–Trinajstić information content (AvgIpc) is 2.78. The Hall–Kier alpha value is -0.570. The molecule has 3 heteroatoms. The molecular formula is C16H30N2O. The number of amides is 1. The van der Waals surface area contributed by atoms with Gasteiger partial charge < -0.3 is 10.2 Å². The Morgan fingerprint density at radius 1 is 1.37 bits per heavy atom. The monoisotopic (exact) mass is 266 g/mol. The predicted molar refractivity (Wildman–Crippen MR) is 78.9 cm³/mol. The quantitative estimate of drug-likeness (QED) is 0.851. The van der Waals surface area contributed by atoms with E-state index in [1.165, 1.54) is 0 Å². The zero-order chi connectivity index (χ0) is 14.2. The van der Waals surface area contributed by atoms with E-state index in [1.807, 2.05) is 0 Å². The molecule has 3 nitrogen and oxygen atoms in total. The minimum Gasteiger partial charge on any atom is -0.339 e. The fraction of sp³-hybridized carbons (Fsp3) is 0.938. The first kappa shape index (κ1) is 14.8. The van der Waals surface area contributed by atoms with Crippen LogP contribution in [0.5, 0.6) is 0 Å². The number of nitrogens with zero attached hydrogens (tertiary/aromatic N) is 1. The largest absolute Gasteiger partial charge is 0.339 e. The van der Waals surface area contributed by atoms with Crippen molar-refractivity contribution in [2.45, 2.75) is 53.5 Å². The average molecular weight is 266 g/mol. The first-order valence-electron chi connectivity index (χ1n) is 7.78. The van der Waals surface area contributed by atoms with Crippen molar-refractivity contribution < 1.29 is 4.79 Å². The molecule has 0 spiro atoms. The van der Waals surface area contributed by atoms with Crippen molar-refractivity contribution in [2.75, 3.05) is 19.6 Å². The molecule has 2 heterocycles. The summed E-state index contributed by atoms with van der Waals surface area (Å²) in [7, 11) is 0. The number of hydrogen-bond donors (Lipinski definition) is 1. The Morgan fingerprint density at radius 2 is 2.05 bits per heavy atom. The van der Waals surface area contributed by atoms with Gasteiger partial charge in [-0.25, -0.2) is 0 Å². The third-order valence-corrected chi connectivity index (χ3v) is 4.74. The lowest BCUT2D eigenvalue weighted by Gasteiger charge is -2.28. The summed E-state index contributed by atoms with van der Waals surface area (Å²) in [5.41, 5.74) is 0.316. The SMILES string of the molecule is CC(CC(=O)N1CC2CNCC2C1C)CC(C)(C)C. The minimum absolute atomic E-state index is 0.316. The molecule has 110 valence electrons. The second-order valence-electron chi connectivity index (χ2n) is 7.94. The highest BCUT2D eigenvalue weighted by Crippen LogP contribution is 2.34. The number of rotatable bonds is 3. The van der Waals surface area contributed by atoms with Gasteiger partial charge in [-0.2, -0.15) is 0 Å². The van der Waals surface area contributed by atoms with Gasteiger partial charge in [0, 0.05) is 32.1 Å². The number of fused-ring (bicyclic) bond motifs is 1. The van der Waals surface area contributed by atoms with Crippen LogP contribution in [-0.2, 0) is 4.79 Å². The van der Waals surface area contributed by atoms with E-state index in [0.29, 0.717) is 41.5 Å². The van der Waals surface area contributed by atoms with E-state index in [0.717, 1.165) is 26.1 Å². The van der Waals surface area contributed by atoms with Crippen LogP contribution >= 0.6 is 0 Å². The molecule has 0 aromatic carbocycles. The van der Waals surface area contributed by atoms with E-state index in [2.05, 4.69) is 44.8 Å². The molecule has 0 aliphatic carbocycles. The lowest BCUT2D eigenvalue weighted by atomic mass is 9.84. The summed E-state index contributed by atoms with van der Waals surface area (Å²) in [5, 5.41) is 3.45. The highest BCUT2D eigenvalue weighted by atomic mass is 16.2. The molecule has 0 radical (unpaired) electrons. The molecule has 2 aliphatic heterocycles. The molecule has 0 saturated carbocycles. The Morgan fingerprint density at radius 3 is 2.63 bits per heavy atom. The van der Waals surface area contributed by atoms with Crippen LogP contribution in [0.1, 0.15) is 47.5 Å². The molecular weight excluding hydrogens is 236 g/mol. The van der Waals surface area contributed by atoms with Gasteiger partial charge in [0.15, 0.2) is 0 Å². The van der Waals surface area contributed by atoms with E-state index in [1.54, 1.807) is 0 Å². The summed E-state index contributed by atoms with van der Waals surface area (Å²) in [4.78, 5) is 14.6. The normalized spacial score (nSPS) is 32.5. The van der Waals surface area contributed by atoms with Gasteiger partial charge in [-0.3, -0.25) is 4.79 Å². The molecule has 0 aromatic rings. The lowest BCUT2D eigenvalue weighted by Crippen LogP contribution is -2.38. The Labute approximate surface area is 118 Å². The smallest absolute Gasteiger partial charge is 0.223 e. The summed E-state index contributed by atoms with van der Waals surface area (Å²) in [6, 6.07) is 0.425. The van der Waals surface area contributed by atoms with Gasteiger partial charge in [-0.1, -0.05) is 27.7 Å². The number of carbonyl (C=O) groups is 1. The van der Waals surface area contributed by atoms with Gasteiger partial charge in [0.05, 0.1) is 0 Å². The topological polar surface area (TPSA) is 32.3 Å². The molecule has 0 bridgehead atoms. The van der Waals surface area contributed by atoms with Gasteiger partial charge in [0.25, 0.3) is 0 Å². The van der Waals surface area contributed by atoms with Crippen molar-refractivity contribution in [3.63, 3.8) is 0 Å². The van der Waals surface area contributed by atoms with E-state index >= 15 is 0 Å². The number of nitrogens with one attached hydrogen (secondary N) is 1. The van der Waals surface area contributed by atoms with Crippen LogP contribution in [0.4, 0.5) is 0 Å². The van der Waals surface area contributed by atoms with Crippen molar-refractivity contribution in [2.24, 2.45) is 23.2 Å². The molecule has 1 N–H and O–H groups in total. The van der Waals surface area contributed by atoms with Crippen molar-refractivity contribution in [3.8, 4) is 0 Å². The van der Waals surface area contributed by atoms with Gasteiger partial charge in [-0.15, -0.1) is 0 Å². The predicted octanol–water partition coefficient (Wildman–Crippen LogP) is 2.52. The fourth-order valence-electron chi connectivity index (χ4n) is 4.03. The molecule has 4 atom stereocenters. The third-order valence-electron chi connectivity index (χ3n) is 4.74. The van der Waals surface area contributed by atoms with Crippen LogP contribution in [-0.4, -0.2) is 36.5 Å². The molecule has 2 rings (SSSR count). The molecule has 0 aromatic heterocycles. The standard InChI is InChI=1S/C16H30N2O/c1-11(7-16(3,4)5)6-15(19)18-10-13-8-17-9-14(13)12(18)2/h11-14,17H,6-10H2,1-5H3. The fourth-order valence-corrected chi connectivity index (χ4v) is 4.03. The second-order valence-corrected chi connectivity index (χ2v) is 7.94. The summed E-state index contributed by atoms with van der Waals surface area (Å²) in [5.74, 6) is 2.23. The lowest BCUT2D eigenvalue weighted by molar-refractivity contribution is -0.133. The molecule has 1 amide bonds. The van der Waals surface area contributed by atoms with Crippen molar-refractivity contribution >= 4 is 5.91 Å². The zero-order valence-corrected chi connectivity index (χ0v) is 13.2. The van der Waals surface area contributed by atoms with Crippen LogP contribution < -0.4 is 5.32 Å². The van der Waals surface area contributed by atoms with Crippen molar-refractivity contribution in [1.29, 1.82) is 0 Å².